The summed E-state index contributed by atoms with van der Waals surface area (Å²) in [5.41, 5.74) is -0.536. The highest BCUT2D eigenvalue weighted by Crippen LogP contribution is 2.15. The molecule has 0 spiro atoms. The first kappa shape index (κ1) is 12.9. The molecule has 0 heterocycles. The second-order valence-electron chi connectivity index (χ2n) is 2.92. The molecule has 0 saturated carbocycles. The lowest BCUT2D eigenvalue weighted by Gasteiger charge is -2.06. The fourth-order valence-electron chi connectivity index (χ4n) is 1.28. The van der Waals surface area contributed by atoms with Gasteiger partial charge in [-0.2, -0.15) is 0 Å². The molecule has 3 nitrogen and oxygen atoms in total. The van der Waals surface area contributed by atoms with Crippen molar-refractivity contribution in [1.29, 1.82) is 0 Å². The van der Waals surface area contributed by atoms with E-state index in [0.29, 0.717) is 12.8 Å². The van der Waals surface area contributed by atoms with E-state index in [4.69, 9.17) is 5.11 Å². The van der Waals surface area contributed by atoms with E-state index >= 15 is 0 Å². The van der Waals surface area contributed by atoms with Gasteiger partial charge in [-0.3, -0.25) is 0 Å². The highest BCUT2D eigenvalue weighted by molar-refractivity contribution is 6.72. The van der Waals surface area contributed by atoms with Crippen molar-refractivity contribution in [2.24, 2.45) is 0 Å². The molecule has 0 aliphatic heterocycles. The van der Waals surface area contributed by atoms with Gasteiger partial charge in [0, 0.05) is 5.57 Å². The Kier molecular flexibility index (Phi) is 5.84. The Balaban J connectivity index is 5.08. The molecule has 0 amide bonds. The topological polar surface area (TPSA) is 54.4 Å². The number of aliphatic carboxylic acids is 1. The van der Waals surface area contributed by atoms with E-state index in [0.717, 1.165) is 0 Å². The summed E-state index contributed by atoms with van der Waals surface area (Å²) in [6.07, 6.45) is 1.21. The number of rotatable bonds is 6. The number of carboxylic acid groups (broad SMARTS) is 1. The Hall–Kier alpha value is -1.13. The Bertz CT molecular complexity index is 261. The van der Waals surface area contributed by atoms with Gasteiger partial charge < -0.3 is 14.2 Å². The number of halogens is 1. The fraction of sp³-hybridized carbons (Fsp3) is 0.556. The van der Waals surface area contributed by atoms with Crippen molar-refractivity contribution < 1.29 is 19.0 Å². The van der Waals surface area contributed by atoms with Gasteiger partial charge in [-0.05, 0) is 18.4 Å². The van der Waals surface area contributed by atoms with Crippen molar-refractivity contribution >= 4 is 19.2 Å². The number of hydrogen-bond donors (Lipinski definition) is 1. The van der Waals surface area contributed by atoms with Crippen molar-refractivity contribution in [2.45, 2.75) is 33.1 Å². The molecule has 5 heteroatoms. The molecular formula is C9H14BFO3. The molecule has 0 aromatic carbocycles. The molecule has 0 aliphatic carbocycles. The summed E-state index contributed by atoms with van der Waals surface area (Å²) in [4.78, 5) is 21.8. The van der Waals surface area contributed by atoms with Crippen LogP contribution in [0.2, 0.25) is 0 Å². The van der Waals surface area contributed by atoms with E-state index in [-0.39, 0.29) is 17.6 Å². The lowest BCUT2D eigenvalue weighted by molar-refractivity contribution is -0.133. The van der Waals surface area contributed by atoms with E-state index in [1.807, 2.05) is 6.92 Å². The molecule has 0 unspecified atom stereocenters. The monoisotopic (exact) mass is 200 g/mol. The summed E-state index contributed by atoms with van der Waals surface area (Å²) < 4.78 is 12.1. The zero-order chi connectivity index (χ0) is 11.1. The Morgan fingerprint density at radius 3 is 2.14 bits per heavy atom. The second-order valence-corrected chi connectivity index (χ2v) is 2.92. The predicted molar refractivity (Wildman–Crippen MR) is 53.1 cm³/mol. The third-order valence-corrected chi connectivity index (χ3v) is 1.93. The number of hydrogen-bond acceptors (Lipinski definition) is 2. The van der Waals surface area contributed by atoms with Crippen LogP contribution in [0.4, 0.5) is 4.32 Å². The van der Waals surface area contributed by atoms with E-state index < -0.39 is 19.2 Å². The molecule has 0 saturated heterocycles. The molecule has 14 heavy (non-hydrogen) atoms. The first-order chi connectivity index (χ1) is 6.58. The molecule has 0 rings (SSSR count). The number of allylic oxidation sites excluding steroid dienone is 1. The van der Waals surface area contributed by atoms with Crippen LogP contribution >= 0.6 is 0 Å². The van der Waals surface area contributed by atoms with Crippen LogP contribution in [-0.2, 0) is 9.59 Å². The molecule has 0 aromatic rings. The maximum absolute atomic E-state index is 12.1. The SMILES string of the molecule is CCC/C(C(=O)BF)=C(\CC)C(=O)O. The highest BCUT2D eigenvalue weighted by Gasteiger charge is 2.18. The highest BCUT2D eigenvalue weighted by atomic mass is 19.1. The van der Waals surface area contributed by atoms with Gasteiger partial charge in [-0.1, -0.05) is 20.3 Å². The normalized spacial score (nSPS) is 11.9. The van der Waals surface area contributed by atoms with E-state index in [2.05, 4.69) is 0 Å². The first-order valence-corrected chi connectivity index (χ1v) is 4.62. The molecular weight excluding hydrogens is 186 g/mol. The van der Waals surface area contributed by atoms with E-state index in [9.17, 15) is 13.9 Å². The standard InChI is InChI=1S/C9H14BFO3/c1-3-5-7(8(12)10-11)6(4-2)9(13)14/h10H,3-5H2,1-2H3,(H,13,14)/b7-6-. The van der Waals surface area contributed by atoms with Gasteiger partial charge >= 0.3 is 13.5 Å². The van der Waals surface area contributed by atoms with Crippen LogP contribution in [0.15, 0.2) is 11.1 Å². The lowest BCUT2D eigenvalue weighted by Crippen LogP contribution is -2.14. The summed E-state index contributed by atoms with van der Waals surface area (Å²) in [5, 5.41) is 8.78. The molecule has 78 valence electrons. The van der Waals surface area contributed by atoms with Crippen LogP contribution in [0, 0.1) is 0 Å². The van der Waals surface area contributed by atoms with Gasteiger partial charge in [-0.25, -0.2) is 4.79 Å². The average Bonchev–Trinajstić information content (AvgIpc) is 2.16. The van der Waals surface area contributed by atoms with Gasteiger partial charge in [0.15, 0.2) is 5.68 Å². The van der Waals surface area contributed by atoms with Crippen LogP contribution in [0.3, 0.4) is 0 Å². The smallest absolute Gasteiger partial charge is 0.410 e. The first-order valence-electron chi connectivity index (χ1n) is 4.62. The predicted octanol–water partition coefficient (Wildman–Crippen LogP) is 1.43. The number of carboxylic acids is 1. The van der Waals surface area contributed by atoms with E-state index in [1.54, 1.807) is 6.92 Å². The third-order valence-electron chi connectivity index (χ3n) is 1.93. The molecule has 0 fully saturated rings. The number of carbonyl (C=O) groups is 2. The summed E-state index contributed by atoms with van der Waals surface area (Å²) in [6.45, 7) is 3.46. The van der Waals surface area contributed by atoms with E-state index in [1.165, 1.54) is 0 Å². The van der Waals surface area contributed by atoms with Crippen molar-refractivity contribution in [2.75, 3.05) is 0 Å². The van der Waals surface area contributed by atoms with Crippen molar-refractivity contribution in [1.82, 2.24) is 0 Å². The lowest BCUT2D eigenvalue weighted by atomic mass is 9.84. The molecule has 0 aliphatic rings. The minimum atomic E-state index is -1.13. The zero-order valence-electron chi connectivity index (χ0n) is 8.47. The van der Waals surface area contributed by atoms with Crippen LogP contribution in [-0.4, -0.2) is 24.3 Å². The van der Waals surface area contributed by atoms with Gasteiger partial charge in [0.2, 0.25) is 0 Å². The molecule has 0 atom stereocenters. The Morgan fingerprint density at radius 2 is 1.86 bits per heavy atom. The minimum Gasteiger partial charge on any atom is -0.478 e. The summed E-state index contributed by atoms with van der Waals surface area (Å²) >= 11 is 0. The quantitative estimate of drug-likeness (QED) is 0.521. The Morgan fingerprint density at radius 1 is 1.29 bits per heavy atom. The minimum absolute atomic E-state index is 0.0366. The summed E-state index contributed by atoms with van der Waals surface area (Å²) in [5.74, 6) is -1.13. The number of carbonyl (C=O) groups excluding carboxylic acids is 1. The van der Waals surface area contributed by atoms with Gasteiger partial charge in [0.05, 0.1) is 0 Å². The van der Waals surface area contributed by atoms with Gasteiger partial charge in [0.25, 0.3) is 0 Å². The fourth-order valence-corrected chi connectivity index (χ4v) is 1.28. The van der Waals surface area contributed by atoms with Crippen LogP contribution in [0.1, 0.15) is 33.1 Å². The van der Waals surface area contributed by atoms with Crippen molar-refractivity contribution in [3.63, 3.8) is 0 Å². The van der Waals surface area contributed by atoms with Gasteiger partial charge in [0.1, 0.15) is 0 Å². The molecule has 1 N–H and O–H groups in total. The van der Waals surface area contributed by atoms with Crippen molar-refractivity contribution in [3.05, 3.63) is 11.1 Å². The van der Waals surface area contributed by atoms with Crippen LogP contribution < -0.4 is 0 Å². The molecule has 0 bridgehead atoms. The average molecular weight is 200 g/mol. The summed E-state index contributed by atoms with van der Waals surface area (Å²) in [7, 11) is -1.12. The second kappa shape index (κ2) is 6.35. The van der Waals surface area contributed by atoms with Crippen LogP contribution in [0.5, 0.6) is 0 Å². The Labute approximate surface area is 83.3 Å². The van der Waals surface area contributed by atoms with Crippen molar-refractivity contribution in [3.8, 4) is 0 Å². The van der Waals surface area contributed by atoms with Crippen LogP contribution in [0.25, 0.3) is 0 Å². The molecule has 0 aromatic heterocycles. The van der Waals surface area contributed by atoms with Gasteiger partial charge in [-0.15, -0.1) is 0 Å². The molecule has 0 radical (unpaired) electrons. The maximum atomic E-state index is 12.1. The third kappa shape index (κ3) is 3.32. The largest absolute Gasteiger partial charge is 0.478 e. The maximum Gasteiger partial charge on any atom is 0.410 e. The zero-order valence-corrected chi connectivity index (χ0v) is 8.47. The summed E-state index contributed by atoms with van der Waals surface area (Å²) in [6, 6.07) is 0.